The van der Waals surface area contributed by atoms with Crippen LogP contribution in [0.15, 0.2) is 48.9 Å². The van der Waals surface area contributed by atoms with E-state index in [9.17, 15) is 4.79 Å². The number of aromatic nitrogens is 3. The summed E-state index contributed by atoms with van der Waals surface area (Å²) in [5, 5.41) is 7.80. The Labute approximate surface area is 135 Å². The number of pyridine rings is 1. The van der Waals surface area contributed by atoms with Gasteiger partial charge in [-0.2, -0.15) is 5.10 Å². The van der Waals surface area contributed by atoms with Crippen molar-refractivity contribution in [2.24, 2.45) is 0 Å². The van der Waals surface area contributed by atoms with Crippen molar-refractivity contribution in [2.45, 2.75) is 25.8 Å². The Kier molecular flexibility index (Phi) is 4.66. The molecular weight excluding hydrogens is 288 g/mol. The standard InChI is InChI=1S/C18H20N4O/c1-22(18(23)6-2-4-15-11-20-21-12-15)13-14-7-8-17-16(10-14)5-3-9-19-17/h3,5,7-12H,2,4,6,13H2,1H3,(H,20,21). The fraction of sp³-hybridized carbons (Fsp3) is 0.278. The van der Waals surface area contributed by atoms with Crippen LogP contribution in [0.2, 0.25) is 0 Å². The highest BCUT2D eigenvalue weighted by molar-refractivity contribution is 5.79. The average molecular weight is 308 g/mol. The van der Waals surface area contributed by atoms with Crippen molar-refractivity contribution < 1.29 is 4.79 Å². The zero-order valence-corrected chi connectivity index (χ0v) is 13.2. The van der Waals surface area contributed by atoms with E-state index in [0.29, 0.717) is 13.0 Å². The fourth-order valence-electron chi connectivity index (χ4n) is 2.63. The Morgan fingerprint density at radius 1 is 1.26 bits per heavy atom. The number of hydrogen-bond acceptors (Lipinski definition) is 3. The first-order valence-electron chi connectivity index (χ1n) is 7.77. The van der Waals surface area contributed by atoms with Gasteiger partial charge in [0, 0.05) is 37.8 Å². The van der Waals surface area contributed by atoms with E-state index >= 15 is 0 Å². The van der Waals surface area contributed by atoms with Gasteiger partial charge in [-0.3, -0.25) is 14.9 Å². The molecule has 23 heavy (non-hydrogen) atoms. The van der Waals surface area contributed by atoms with E-state index in [4.69, 9.17) is 0 Å². The van der Waals surface area contributed by atoms with Gasteiger partial charge in [0.05, 0.1) is 11.7 Å². The first-order chi connectivity index (χ1) is 11.2. The van der Waals surface area contributed by atoms with Crippen molar-refractivity contribution in [3.63, 3.8) is 0 Å². The maximum atomic E-state index is 12.2. The normalized spacial score (nSPS) is 10.8. The van der Waals surface area contributed by atoms with Crippen molar-refractivity contribution in [1.82, 2.24) is 20.1 Å². The Bertz CT molecular complexity index is 783. The highest BCUT2D eigenvalue weighted by Crippen LogP contribution is 2.15. The fourth-order valence-corrected chi connectivity index (χ4v) is 2.63. The third-order valence-corrected chi connectivity index (χ3v) is 3.92. The molecule has 1 amide bonds. The second-order valence-corrected chi connectivity index (χ2v) is 5.74. The number of benzene rings is 1. The number of hydrogen-bond donors (Lipinski definition) is 1. The molecule has 3 rings (SSSR count). The van der Waals surface area contributed by atoms with E-state index in [1.54, 1.807) is 17.3 Å². The Hall–Kier alpha value is -2.69. The summed E-state index contributed by atoms with van der Waals surface area (Å²) in [6.45, 7) is 0.620. The van der Waals surface area contributed by atoms with Gasteiger partial charge in [-0.05, 0) is 42.2 Å². The summed E-state index contributed by atoms with van der Waals surface area (Å²) in [6.07, 6.45) is 7.73. The van der Waals surface area contributed by atoms with Crippen LogP contribution >= 0.6 is 0 Å². The molecule has 2 aromatic heterocycles. The molecule has 3 aromatic rings. The molecule has 0 unspecified atom stereocenters. The van der Waals surface area contributed by atoms with Crippen LogP contribution in [0.5, 0.6) is 0 Å². The number of aromatic amines is 1. The number of H-pyrrole nitrogens is 1. The zero-order chi connectivity index (χ0) is 16.1. The Balaban J connectivity index is 1.54. The Morgan fingerprint density at radius 3 is 3.00 bits per heavy atom. The summed E-state index contributed by atoms with van der Waals surface area (Å²) in [7, 11) is 1.85. The van der Waals surface area contributed by atoms with Crippen molar-refractivity contribution in [2.75, 3.05) is 7.05 Å². The van der Waals surface area contributed by atoms with Crippen LogP contribution in [0, 0.1) is 0 Å². The number of aryl methyl sites for hydroxylation is 1. The van der Waals surface area contributed by atoms with Gasteiger partial charge < -0.3 is 4.90 Å². The van der Waals surface area contributed by atoms with E-state index in [1.165, 1.54) is 0 Å². The van der Waals surface area contributed by atoms with Crippen LogP contribution in [0.4, 0.5) is 0 Å². The smallest absolute Gasteiger partial charge is 0.222 e. The molecule has 0 aliphatic heterocycles. The minimum Gasteiger partial charge on any atom is -0.341 e. The zero-order valence-electron chi connectivity index (χ0n) is 13.2. The SMILES string of the molecule is CN(Cc1ccc2ncccc2c1)C(=O)CCCc1cn[nH]c1. The highest BCUT2D eigenvalue weighted by atomic mass is 16.2. The van der Waals surface area contributed by atoms with Gasteiger partial charge in [0.2, 0.25) is 5.91 Å². The van der Waals surface area contributed by atoms with Gasteiger partial charge in [-0.25, -0.2) is 0 Å². The van der Waals surface area contributed by atoms with Crippen LogP contribution in [-0.4, -0.2) is 33.0 Å². The second-order valence-electron chi connectivity index (χ2n) is 5.74. The van der Waals surface area contributed by atoms with Crippen molar-refractivity contribution in [3.05, 3.63) is 60.0 Å². The summed E-state index contributed by atoms with van der Waals surface area (Å²) < 4.78 is 0. The topological polar surface area (TPSA) is 61.9 Å². The molecule has 0 saturated heterocycles. The maximum absolute atomic E-state index is 12.2. The molecule has 0 atom stereocenters. The lowest BCUT2D eigenvalue weighted by Gasteiger charge is -2.17. The lowest BCUT2D eigenvalue weighted by atomic mass is 10.1. The maximum Gasteiger partial charge on any atom is 0.222 e. The molecule has 118 valence electrons. The molecular formula is C18H20N4O. The molecule has 0 saturated carbocycles. The largest absolute Gasteiger partial charge is 0.341 e. The molecule has 1 N–H and O–H groups in total. The van der Waals surface area contributed by atoms with Crippen LogP contribution in [-0.2, 0) is 17.8 Å². The quantitative estimate of drug-likeness (QED) is 0.761. The molecule has 2 heterocycles. The van der Waals surface area contributed by atoms with E-state index in [1.807, 2.05) is 37.5 Å². The molecule has 0 fully saturated rings. The van der Waals surface area contributed by atoms with Gasteiger partial charge in [0.15, 0.2) is 0 Å². The number of amides is 1. The third kappa shape index (κ3) is 3.94. The predicted octanol–water partition coefficient (Wildman–Crippen LogP) is 2.94. The number of nitrogens with zero attached hydrogens (tertiary/aromatic N) is 3. The molecule has 0 aliphatic carbocycles. The van der Waals surface area contributed by atoms with Crippen LogP contribution < -0.4 is 0 Å². The Morgan fingerprint density at radius 2 is 2.17 bits per heavy atom. The summed E-state index contributed by atoms with van der Waals surface area (Å²) in [5.41, 5.74) is 3.24. The summed E-state index contributed by atoms with van der Waals surface area (Å²) in [4.78, 5) is 18.3. The van der Waals surface area contributed by atoms with Crippen LogP contribution in [0.1, 0.15) is 24.0 Å². The van der Waals surface area contributed by atoms with E-state index in [0.717, 1.165) is 34.9 Å². The number of rotatable bonds is 6. The number of carbonyl (C=O) groups is 1. The number of nitrogens with one attached hydrogen (secondary N) is 1. The minimum atomic E-state index is 0.166. The molecule has 1 aromatic carbocycles. The monoisotopic (exact) mass is 308 g/mol. The van der Waals surface area contributed by atoms with Crippen molar-refractivity contribution in [1.29, 1.82) is 0 Å². The second kappa shape index (κ2) is 7.05. The molecule has 0 aliphatic rings. The predicted molar refractivity (Wildman–Crippen MR) is 89.7 cm³/mol. The molecule has 5 heteroatoms. The van der Waals surface area contributed by atoms with E-state index in [2.05, 4.69) is 21.2 Å². The van der Waals surface area contributed by atoms with Crippen molar-refractivity contribution >= 4 is 16.8 Å². The van der Waals surface area contributed by atoms with Gasteiger partial charge >= 0.3 is 0 Å². The molecule has 0 spiro atoms. The molecule has 0 bridgehead atoms. The first kappa shape index (κ1) is 15.2. The first-order valence-corrected chi connectivity index (χ1v) is 7.77. The van der Waals surface area contributed by atoms with E-state index in [-0.39, 0.29) is 5.91 Å². The average Bonchev–Trinajstić information content (AvgIpc) is 3.08. The summed E-state index contributed by atoms with van der Waals surface area (Å²) in [6, 6.07) is 10.1. The number of fused-ring (bicyclic) bond motifs is 1. The van der Waals surface area contributed by atoms with Gasteiger partial charge in [0.25, 0.3) is 0 Å². The highest BCUT2D eigenvalue weighted by Gasteiger charge is 2.09. The van der Waals surface area contributed by atoms with Gasteiger partial charge in [-0.15, -0.1) is 0 Å². The molecule has 0 radical (unpaired) electrons. The lowest BCUT2D eigenvalue weighted by Crippen LogP contribution is -2.25. The van der Waals surface area contributed by atoms with Crippen LogP contribution in [0.3, 0.4) is 0 Å². The lowest BCUT2D eigenvalue weighted by molar-refractivity contribution is -0.130. The van der Waals surface area contributed by atoms with Crippen LogP contribution in [0.25, 0.3) is 10.9 Å². The van der Waals surface area contributed by atoms with Crippen molar-refractivity contribution in [3.8, 4) is 0 Å². The minimum absolute atomic E-state index is 0.166. The summed E-state index contributed by atoms with van der Waals surface area (Å²) >= 11 is 0. The van der Waals surface area contributed by atoms with E-state index < -0.39 is 0 Å². The van der Waals surface area contributed by atoms with Gasteiger partial charge in [-0.1, -0.05) is 12.1 Å². The van der Waals surface area contributed by atoms with Gasteiger partial charge in [0.1, 0.15) is 0 Å². The number of carbonyl (C=O) groups excluding carboxylic acids is 1. The third-order valence-electron chi connectivity index (χ3n) is 3.92. The summed E-state index contributed by atoms with van der Waals surface area (Å²) in [5.74, 6) is 0.166. The molecule has 5 nitrogen and oxygen atoms in total.